The fourth-order valence-corrected chi connectivity index (χ4v) is 4.19. The molecule has 6 heteroatoms. The third-order valence-corrected chi connectivity index (χ3v) is 5.95. The zero-order valence-electron chi connectivity index (χ0n) is 17.9. The standard InChI is InChI=1S/C24H31ClN2O2S/c1-4-22(24(29)26-18(2)3)27(15-14-19-8-6-5-7-9-19)23(28)17-30-16-20-10-12-21(25)13-11-20/h5-13,18,22H,4,14-17H2,1-3H3,(H,26,29)/t22-/m0/s1. The van der Waals surface area contributed by atoms with Crippen LogP contribution in [-0.4, -0.2) is 41.1 Å². The second-order valence-corrected chi connectivity index (χ2v) is 8.95. The lowest BCUT2D eigenvalue weighted by Crippen LogP contribution is -2.51. The fourth-order valence-electron chi connectivity index (χ4n) is 3.20. The number of nitrogens with zero attached hydrogens (tertiary/aromatic N) is 1. The van der Waals surface area contributed by atoms with Gasteiger partial charge in [0.1, 0.15) is 6.04 Å². The molecule has 0 heterocycles. The lowest BCUT2D eigenvalue weighted by Gasteiger charge is -2.31. The van der Waals surface area contributed by atoms with E-state index in [1.807, 2.05) is 75.4 Å². The predicted molar refractivity (Wildman–Crippen MR) is 127 cm³/mol. The number of nitrogens with one attached hydrogen (secondary N) is 1. The molecule has 0 aromatic heterocycles. The van der Waals surface area contributed by atoms with Gasteiger partial charge in [-0.3, -0.25) is 9.59 Å². The van der Waals surface area contributed by atoms with Crippen LogP contribution in [0.4, 0.5) is 0 Å². The number of benzene rings is 2. The van der Waals surface area contributed by atoms with Crippen molar-refractivity contribution in [2.24, 2.45) is 0 Å². The number of carbonyl (C=O) groups is 2. The molecular weight excluding hydrogens is 416 g/mol. The monoisotopic (exact) mass is 446 g/mol. The summed E-state index contributed by atoms with van der Waals surface area (Å²) in [5.41, 5.74) is 2.28. The molecule has 2 rings (SSSR count). The summed E-state index contributed by atoms with van der Waals surface area (Å²) in [6.45, 7) is 6.34. The van der Waals surface area contributed by atoms with Gasteiger partial charge < -0.3 is 10.2 Å². The zero-order chi connectivity index (χ0) is 21.9. The van der Waals surface area contributed by atoms with E-state index in [0.29, 0.717) is 23.7 Å². The van der Waals surface area contributed by atoms with Crippen LogP contribution >= 0.6 is 23.4 Å². The molecule has 2 aromatic rings. The molecule has 0 bridgehead atoms. The largest absolute Gasteiger partial charge is 0.352 e. The second kappa shape index (κ2) is 12.7. The molecule has 0 saturated carbocycles. The number of hydrogen-bond acceptors (Lipinski definition) is 3. The molecule has 0 aliphatic heterocycles. The first-order valence-corrected chi connectivity index (χ1v) is 11.9. The van der Waals surface area contributed by atoms with Crippen LogP contribution in [0, 0.1) is 0 Å². The molecule has 0 unspecified atom stereocenters. The van der Waals surface area contributed by atoms with Crippen molar-refractivity contribution in [1.29, 1.82) is 0 Å². The van der Waals surface area contributed by atoms with E-state index in [1.54, 1.807) is 16.7 Å². The van der Waals surface area contributed by atoms with Crippen molar-refractivity contribution in [2.45, 2.75) is 51.4 Å². The quantitative estimate of drug-likeness (QED) is 0.531. The third kappa shape index (κ3) is 8.04. The van der Waals surface area contributed by atoms with Crippen LogP contribution < -0.4 is 5.32 Å². The van der Waals surface area contributed by atoms with Gasteiger partial charge in [-0.05, 0) is 49.9 Å². The minimum Gasteiger partial charge on any atom is -0.352 e. The number of carbonyl (C=O) groups excluding carboxylic acids is 2. The van der Waals surface area contributed by atoms with E-state index in [-0.39, 0.29) is 17.9 Å². The van der Waals surface area contributed by atoms with Crippen LogP contribution in [0.1, 0.15) is 38.3 Å². The van der Waals surface area contributed by atoms with E-state index in [1.165, 1.54) is 0 Å². The Balaban J connectivity index is 2.04. The van der Waals surface area contributed by atoms with Crippen LogP contribution in [0.2, 0.25) is 5.02 Å². The SMILES string of the molecule is CC[C@@H](C(=O)NC(C)C)N(CCc1ccccc1)C(=O)CSCc1ccc(Cl)cc1. The lowest BCUT2D eigenvalue weighted by molar-refractivity contribution is -0.139. The molecule has 30 heavy (non-hydrogen) atoms. The summed E-state index contributed by atoms with van der Waals surface area (Å²) in [4.78, 5) is 27.6. The van der Waals surface area contributed by atoms with Gasteiger partial charge in [0.05, 0.1) is 5.75 Å². The Morgan fingerprint density at radius 2 is 1.70 bits per heavy atom. The lowest BCUT2D eigenvalue weighted by atomic mass is 10.1. The topological polar surface area (TPSA) is 49.4 Å². The zero-order valence-corrected chi connectivity index (χ0v) is 19.5. The Morgan fingerprint density at radius 1 is 1.03 bits per heavy atom. The highest BCUT2D eigenvalue weighted by Gasteiger charge is 2.28. The van der Waals surface area contributed by atoms with Gasteiger partial charge in [-0.25, -0.2) is 0 Å². The number of halogens is 1. The van der Waals surface area contributed by atoms with Crippen molar-refractivity contribution in [3.8, 4) is 0 Å². The summed E-state index contributed by atoms with van der Waals surface area (Å²) in [6, 6.07) is 17.3. The van der Waals surface area contributed by atoms with E-state index >= 15 is 0 Å². The summed E-state index contributed by atoms with van der Waals surface area (Å²) in [5.74, 6) is 0.972. The molecule has 0 aliphatic carbocycles. The minimum absolute atomic E-state index is 0.00403. The van der Waals surface area contributed by atoms with Gasteiger partial charge in [-0.15, -0.1) is 11.8 Å². The molecule has 1 atom stereocenters. The van der Waals surface area contributed by atoms with Crippen LogP contribution in [0.5, 0.6) is 0 Å². The Kier molecular flexibility index (Phi) is 10.2. The summed E-state index contributed by atoms with van der Waals surface area (Å²) < 4.78 is 0. The maximum atomic E-state index is 13.1. The molecule has 0 aliphatic rings. The van der Waals surface area contributed by atoms with Crippen molar-refractivity contribution < 1.29 is 9.59 Å². The van der Waals surface area contributed by atoms with Crippen molar-refractivity contribution >= 4 is 35.2 Å². The molecule has 2 amide bonds. The highest BCUT2D eigenvalue weighted by Crippen LogP contribution is 2.17. The van der Waals surface area contributed by atoms with E-state index in [4.69, 9.17) is 11.6 Å². The number of hydrogen-bond donors (Lipinski definition) is 1. The van der Waals surface area contributed by atoms with Crippen LogP contribution in [0.3, 0.4) is 0 Å². The third-order valence-electron chi connectivity index (χ3n) is 4.71. The summed E-state index contributed by atoms with van der Waals surface area (Å²) >= 11 is 7.49. The van der Waals surface area contributed by atoms with Crippen LogP contribution in [-0.2, 0) is 21.8 Å². The van der Waals surface area contributed by atoms with Crippen molar-refractivity contribution in [3.05, 3.63) is 70.7 Å². The van der Waals surface area contributed by atoms with E-state index < -0.39 is 6.04 Å². The molecule has 4 nitrogen and oxygen atoms in total. The van der Waals surface area contributed by atoms with Crippen molar-refractivity contribution in [2.75, 3.05) is 12.3 Å². The summed E-state index contributed by atoms with van der Waals surface area (Å²) in [6.07, 6.45) is 1.31. The Morgan fingerprint density at radius 3 is 2.30 bits per heavy atom. The Hall–Kier alpha value is -1.98. The van der Waals surface area contributed by atoms with Gasteiger partial charge in [0.15, 0.2) is 0 Å². The molecule has 0 spiro atoms. The maximum Gasteiger partial charge on any atom is 0.242 e. The molecule has 0 saturated heterocycles. The van der Waals surface area contributed by atoms with Gasteiger partial charge in [0.25, 0.3) is 0 Å². The fraction of sp³-hybridized carbons (Fsp3) is 0.417. The van der Waals surface area contributed by atoms with E-state index in [2.05, 4.69) is 5.32 Å². The van der Waals surface area contributed by atoms with Gasteiger partial charge in [-0.1, -0.05) is 61.0 Å². The first kappa shape index (κ1) is 24.3. The van der Waals surface area contributed by atoms with Gasteiger partial charge >= 0.3 is 0 Å². The van der Waals surface area contributed by atoms with Gasteiger partial charge in [-0.2, -0.15) is 0 Å². The Bertz CT molecular complexity index is 797. The maximum absolute atomic E-state index is 13.1. The van der Waals surface area contributed by atoms with E-state index in [0.717, 1.165) is 23.3 Å². The minimum atomic E-state index is -0.459. The number of thioether (sulfide) groups is 1. The predicted octanol–water partition coefficient (Wildman–Crippen LogP) is 4.95. The van der Waals surface area contributed by atoms with Gasteiger partial charge in [0.2, 0.25) is 11.8 Å². The number of rotatable bonds is 11. The first-order chi connectivity index (χ1) is 14.4. The average Bonchev–Trinajstić information content (AvgIpc) is 2.72. The molecule has 1 N–H and O–H groups in total. The summed E-state index contributed by atoms with van der Waals surface area (Å²) in [7, 11) is 0. The smallest absolute Gasteiger partial charge is 0.242 e. The molecule has 0 radical (unpaired) electrons. The Labute approximate surface area is 189 Å². The second-order valence-electron chi connectivity index (χ2n) is 7.53. The first-order valence-electron chi connectivity index (χ1n) is 10.4. The van der Waals surface area contributed by atoms with E-state index in [9.17, 15) is 9.59 Å². The molecule has 0 fully saturated rings. The normalized spacial score (nSPS) is 11.9. The van der Waals surface area contributed by atoms with Crippen molar-refractivity contribution in [3.63, 3.8) is 0 Å². The van der Waals surface area contributed by atoms with Crippen LogP contribution in [0.15, 0.2) is 54.6 Å². The number of amides is 2. The molecule has 162 valence electrons. The highest BCUT2D eigenvalue weighted by atomic mass is 35.5. The summed E-state index contributed by atoms with van der Waals surface area (Å²) in [5, 5.41) is 3.67. The average molecular weight is 447 g/mol. The van der Waals surface area contributed by atoms with Crippen molar-refractivity contribution in [1.82, 2.24) is 10.2 Å². The molecule has 2 aromatic carbocycles. The van der Waals surface area contributed by atoms with Gasteiger partial charge in [0, 0.05) is 23.4 Å². The molecular formula is C24H31ClN2O2S. The van der Waals surface area contributed by atoms with Crippen LogP contribution in [0.25, 0.3) is 0 Å². The highest BCUT2D eigenvalue weighted by molar-refractivity contribution is 7.99.